The van der Waals surface area contributed by atoms with Crippen molar-refractivity contribution in [3.63, 3.8) is 0 Å². The average molecular weight is 367 g/mol. The maximum Gasteiger partial charge on any atom is 0.238 e. The van der Waals surface area contributed by atoms with E-state index in [1.54, 1.807) is 25.3 Å². The summed E-state index contributed by atoms with van der Waals surface area (Å²) < 4.78 is 5.37. The minimum atomic E-state index is -0.159. The van der Waals surface area contributed by atoms with E-state index in [0.717, 1.165) is 16.9 Å². The predicted octanol–water partition coefficient (Wildman–Crippen LogP) is 4.38. The molecule has 0 radical (unpaired) electrons. The molecule has 24 heavy (non-hydrogen) atoms. The van der Waals surface area contributed by atoms with Crippen LogP contribution in [0.2, 0.25) is 10.0 Å². The van der Waals surface area contributed by atoms with Crippen LogP contribution in [0.4, 0.5) is 5.69 Å². The lowest BCUT2D eigenvalue weighted by Crippen LogP contribution is -2.30. The van der Waals surface area contributed by atoms with Gasteiger partial charge in [0.05, 0.1) is 29.4 Å². The number of hydrogen-bond donors (Lipinski definition) is 1. The van der Waals surface area contributed by atoms with Crippen LogP contribution in [0.3, 0.4) is 0 Å². The number of nitrogens with zero attached hydrogens (tertiary/aromatic N) is 1. The summed E-state index contributed by atoms with van der Waals surface area (Å²) in [4.78, 5) is 14.1. The van der Waals surface area contributed by atoms with Crippen molar-refractivity contribution in [2.24, 2.45) is 0 Å². The van der Waals surface area contributed by atoms with Crippen LogP contribution in [-0.2, 0) is 11.3 Å². The molecule has 0 saturated heterocycles. The fourth-order valence-electron chi connectivity index (χ4n) is 2.41. The Balaban J connectivity index is 1.99. The van der Waals surface area contributed by atoms with Crippen molar-refractivity contribution in [2.45, 2.75) is 13.5 Å². The van der Waals surface area contributed by atoms with E-state index in [-0.39, 0.29) is 12.5 Å². The van der Waals surface area contributed by atoms with E-state index in [1.165, 1.54) is 0 Å². The predicted molar refractivity (Wildman–Crippen MR) is 99.2 cm³/mol. The van der Waals surface area contributed by atoms with Crippen molar-refractivity contribution < 1.29 is 9.53 Å². The van der Waals surface area contributed by atoms with E-state index in [1.807, 2.05) is 31.0 Å². The van der Waals surface area contributed by atoms with Crippen LogP contribution < -0.4 is 10.1 Å². The molecule has 4 nitrogen and oxygen atoms in total. The Morgan fingerprint density at radius 3 is 2.71 bits per heavy atom. The zero-order valence-electron chi connectivity index (χ0n) is 13.9. The molecular weight excluding hydrogens is 347 g/mol. The van der Waals surface area contributed by atoms with E-state index >= 15 is 0 Å². The van der Waals surface area contributed by atoms with Crippen LogP contribution >= 0.6 is 23.2 Å². The number of rotatable bonds is 6. The molecule has 0 heterocycles. The van der Waals surface area contributed by atoms with E-state index in [0.29, 0.717) is 22.3 Å². The highest BCUT2D eigenvalue weighted by Gasteiger charge is 2.12. The SMILES string of the molecule is COc1ccc(C)cc1CN(C)CC(=O)Nc1cccc(Cl)c1Cl. The molecule has 0 aromatic heterocycles. The summed E-state index contributed by atoms with van der Waals surface area (Å²) >= 11 is 12.0. The highest BCUT2D eigenvalue weighted by atomic mass is 35.5. The number of ether oxygens (including phenoxy) is 1. The number of carbonyl (C=O) groups is 1. The maximum absolute atomic E-state index is 12.2. The Bertz CT molecular complexity index is 735. The third-order valence-electron chi connectivity index (χ3n) is 3.52. The third-order valence-corrected chi connectivity index (χ3v) is 4.33. The van der Waals surface area contributed by atoms with Crippen molar-refractivity contribution >= 4 is 34.8 Å². The Morgan fingerprint density at radius 1 is 1.25 bits per heavy atom. The van der Waals surface area contributed by atoms with Crippen LogP contribution in [0.15, 0.2) is 36.4 Å². The molecule has 128 valence electrons. The van der Waals surface area contributed by atoms with E-state index in [9.17, 15) is 4.79 Å². The van der Waals surface area contributed by atoms with Gasteiger partial charge in [0.1, 0.15) is 5.75 Å². The first-order valence-corrected chi connectivity index (χ1v) is 8.22. The standard InChI is InChI=1S/C18H20Cl2N2O2/c1-12-7-8-16(24-3)13(9-12)10-22(2)11-17(23)21-15-6-4-5-14(19)18(15)20/h4-9H,10-11H2,1-3H3,(H,21,23). The number of aryl methyl sites for hydroxylation is 1. The first kappa shape index (κ1) is 18.6. The van der Waals surface area contributed by atoms with Gasteiger partial charge in [-0.05, 0) is 32.2 Å². The molecule has 1 amide bonds. The number of carbonyl (C=O) groups excluding carboxylic acids is 1. The molecule has 2 aromatic carbocycles. The second-order valence-electron chi connectivity index (χ2n) is 5.64. The molecule has 0 spiro atoms. The number of amides is 1. The van der Waals surface area contributed by atoms with E-state index in [4.69, 9.17) is 27.9 Å². The first-order valence-electron chi connectivity index (χ1n) is 7.46. The zero-order valence-corrected chi connectivity index (χ0v) is 15.4. The highest BCUT2D eigenvalue weighted by Crippen LogP contribution is 2.29. The number of halogens is 2. The number of hydrogen-bond acceptors (Lipinski definition) is 3. The molecule has 0 fully saturated rings. The monoisotopic (exact) mass is 366 g/mol. The largest absolute Gasteiger partial charge is 0.496 e. The maximum atomic E-state index is 12.2. The molecule has 6 heteroatoms. The molecule has 0 aliphatic rings. The Morgan fingerprint density at radius 2 is 2.00 bits per heavy atom. The van der Waals surface area contributed by atoms with Gasteiger partial charge in [0.25, 0.3) is 0 Å². The summed E-state index contributed by atoms with van der Waals surface area (Å²) in [7, 11) is 3.52. The highest BCUT2D eigenvalue weighted by molar-refractivity contribution is 6.43. The third kappa shape index (κ3) is 4.87. The van der Waals surface area contributed by atoms with Gasteiger partial charge >= 0.3 is 0 Å². The second kappa shape index (κ2) is 8.38. The number of nitrogens with one attached hydrogen (secondary N) is 1. The molecule has 0 saturated carbocycles. The fraction of sp³-hybridized carbons (Fsp3) is 0.278. The molecule has 0 atom stereocenters. The summed E-state index contributed by atoms with van der Waals surface area (Å²) in [5.74, 6) is 0.652. The van der Waals surface area contributed by atoms with Gasteiger partial charge < -0.3 is 10.1 Å². The van der Waals surface area contributed by atoms with Gasteiger partial charge in [-0.2, -0.15) is 0 Å². The van der Waals surface area contributed by atoms with Crippen molar-refractivity contribution in [2.75, 3.05) is 26.0 Å². The normalized spacial score (nSPS) is 10.8. The van der Waals surface area contributed by atoms with Gasteiger partial charge in [-0.25, -0.2) is 0 Å². The molecule has 0 aliphatic carbocycles. The number of benzene rings is 2. The number of likely N-dealkylation sites (N-methyl/N-ethyl adjacent to an activating group) is 1. The van der Waals surface area contributed by atoms with Crippen molar-refractivity contribution in [1.29, 1.82) is 0 Å². The molecule has 0 aliphatic heterocycles. The quantitative estimate of drug-likeness (QED) is 0.824. The van der Waals surface area contributed by atoms with Crippen LogP contribution in [-0.4, -0.2) is 31.5 Å². The average Bonchev–Trinajstić information content (AvgIpc) is 2.52. The lowest BCUT2D eigenvalue weighted by molar-refractivity contribution is -0.117. The summed E-state index contributed by atoms with van der Waals surface area (Å²) in [6.07, 6.45) is 0. The molecule has 2 aromatic rings. The summed E-state index contributed by atoms with van der Waals surface area (Å²) in [5.41, 5.74) is 2.69. The molecule has 0 bridgehead atoms. The van der Waals surface area contributed by atoms with Gasteiger partial charge in [0.15, 0.2) is 0 Å². The first-order chi connectivity index (χ1) is 11.4. The van der Waals surface area contributed by atoms with Gasteiger partial charge in [0.2, 0.25) is 5.91 Å². The van der Waals surface area contributed by atoms with Crippen LogP contribution in [0.1, 0.15) is 11.1 Å². The molecule has 1 N–H and O–H groups in total. The Kier molecular flexibility index (Phi) is 6.49. The summed E-state index contributed by atoms with van der Waals surface area (Å²) in [5, 5.41) is 3.53. The molecule has 2 rings (SSSR count). The van der Waals surface area contributed by atoms with Gasteiger partial charge in [-0.3, -0.25) is 9.69 Å². The van der Waals surface area contributed by atoms with E-state index in [2.05, 4.69) is 11.4 Å². The summed E-state index contributed by atoms with van der Waals surface area (Å²) in [6.45, 7) is 2.85. The number of anilines is 1. The van der Waals surface area contributed by atoms with Crippen LogP contribution in [0.5, 0.6) is 5.75 Å². The second-order valence-corrected chi connectivity index (χ2v) is 6.42. The minimum Gasteiger partial charge on any atom is -0.496 e. The van der Waals surface area contributed by atoms with Crippen molar-refractivity contribution in [1.82, 2.24) is 4.90 Å². The van der Waals surface area contributed by atoms with Crippen molar-refractivity contribution in [3.8, 4) is 5.75 Å². The lowest BCUT2D eigenvalue weighted by Gasteiger charge is -2.19. The summed E-state index contributed by atoms with van der Waals surface area (Å²) in [6, 6.07) is 11.1. The zero-order chi connectivity index (χ0) is 17.7. The Hall–Kier alpha value is -1.75. The van der Waals surface area contributed by atoms with Crippen molar-refractivity contribution in [3.05, 3.63) is 57.6 Å². The lowest BCUT2D eigenvalue weighted by atomic mass is 10.1. The van der Waals surface area contributed by atoms with Gasteiger partial charge in [0, 0.05) is 12.1 Å². The molecule has 0 unspecified atom stereocenters. The van der Waals surface area contributed by atoms with Gasteiger partial charge in [-0.15, -0.1) is 0 Å². The smallest absolute Gasteiger partial charge is 0.238 e. The minimum absolute atomic E-state index is 0.159. The van der Waals surface area contributed by atoms with Crippen LogP contribution in [0, 0.1) is 6.92 Å². The fourth-order valence-corrected chi connectivity index (χ4v) is 2.76. The van der Waals surface area contributed by atoms with E-state index < -0.39 is 0 Å². The van der Waals surface area contributed by atoms with Crippen LogP contribution in [0.25, 0.3) is 0 Å². The number of methoxy groups -OCH3 is 1. The van der Waals surface area contributed by atoms with Gasteiger partial charge in [-0.1, -0.05) is 47.0 Å². The Labute approximate surface area is 152 Å². The molecular formula is C18H20Cl2N2O2. The topological polar surface area (TPSA) is 41.6 Å².